The highest BCUT2D eigenvalue weighted by molar-refractivity contribution is 5.84. The van der Waals surface area contributed by atoms with Crippen molar-refractivity contribution in [2.45, 2.75) is 63.6 Å². The molecule has 2 saturated carbocycles. The number of nitrogens with two attached hydrogens (primary N) is 1. The van der Waals surface area contributed by atoms with Crippen molar-refractivity contribution in [2.75, 3.05) is 23.4 Å². The molecule has 2 aromatic rings. The van der Waals surface area contributed by atoms with E-state index in [9.17, 15) is 4.79 Å². The van der Waals surface area contributed by atoms with E-state index in [0.717, 1.165) is 29.8 Å². The van der Waals surface area contributed by atoms with Crippen molar-refractivity contribution in [3.05, 3.63) is 53.6 Å². The number of hydrogen-bond acceptors (Lipinski definition) is 5. The van der Waals surface area contributed by atoms with Crippen molar-refractivity contribution in [2.24, 2.45) is 11.7 Å². The molecule has 6 heteroatoms. The summed E-state index contributed by atoms with van der Waals surface area (Å²) in [6, 6.07) is 14.8. The first kappa shape index (κ1) is 21.1. The van der Waals surface area contributed by atoms with Gasteiger partial charge >= 0.3 is 6.09 Å². The summed E-state index contributed by atoms with van der Waals surface area (Å²) in [6.45, 7) is 3.17. The average Bonchev–Trinajstić information content (AvgIpc) is 2.98. The third-order valence-corrected chi connectivity index (χ3v) is 7.23. The second-order valence-corrected chi connectivity index (χ2v) is 9.26. The highest BCUT2D eigenvalue weighted by atomic mass is 16.5. The van der Waals surface area contributed by atoms with E-state index < -0.39 is 0 Å². The molecule has 32 heavy (non-hydrogen) atoms. The second-order valence-electron chi connectivity index (χ2n) is 9.26. The van der Waals surface area contributed by atoms with Crippen molar-refractivity contribution in [1.29, 1.82) is 0 Å². The zero-order valence-electron chi connectivity index (χ0n) is 18.8. The molecule has 1 amide bonds. The van der Waals surface area contributed by atoms with E-state index in [0.29, 0.717) is 25.2 Å². The number of hydrogen-bond donors (Lipinski definition) is 2. The highest BCUT2D eigenvalue weighted by Gasteiger charge is 2.42. The summed E-state index contributed by atoms with van der Waals surface area (Å²) in [6.07, 6.45) is 6.83. The summed E-state index contributed by atoms with van der Waals surface area (Å²) in [7, 11) is 0. The lowest BCUT2D eigenvalue weighted by molar-refractivity contribution is 0.115. The van der Waals surface area contributed by atoms with E-state index in [1.165, 1.54) is 36.9 Å². The van der Waals surface area contributed by atoms with E-state index in [1.807, 2.05) is 25.1 Å². The standard InChI is InChI=1S/C26H33N3O3/c1-2-31-21-13-14-22-23(15-21)29(20-7-4-8-20)25(24(22)27)18-9-11-19(12-10-18)28-26(30)32-16-17-5-3-6-17/h9-15,17,20,24-25H,2-8,16,27H2,1H3,(H,28,30). The third kappa shape index (κ3) is 4.04. The first-order valence-corrected chi connectivity index (χ1v) is 12.0. The van der Waals surface area contributed by atoms with Gasteiger partial charge in [-0.2, -0.15) is 0 Å². The third-order valence-electron chi connectivity index (χ3n) is 7.23. The van der Waals surface area contributed by atoms with Gasteiger partial charge in [0.15, 0.2) is 0 Å². The molecule has 2 atom stereocenters. The number of amides is 1. The lowest BCUT2D eigenvalue weighted by atomic mass is 9.86. The van der Waals surface area contributed by atoms with Crippen LogP contribution in [0, 0.1) is 5.92 Å². The molecular weight excluding hydrogens is 402 g/mol. The van der Waals surface area contributed by atoms with Crippen LogP contribution in [0.3, 0.4) is 0 Å². The van der Waals surface area contributed by atoms with Gasteiger partial charge in [-0.1, -0.05) is 24.6 Å². The topological polar surface area (TPSA) is 76.8 Å². The van der Waals surface area contributed by atoms with E-state index in [-0.39, 0.29) is 18.2 Å². The number of benzene rings is 2. The molecule has 0 aromatic heterocycles. The highest BCUT2D eigenvalue weighted by Crippen LogP contribution is 2.51. The number of fused-ring (bicyclic) bond motifs is 1. The van der Waals surface area contributed by atoms with Crippen LogP contribution >= 0.6 is 0 Å². The molecule has 2 aromatic carbocycles. The van der Waals surface area contributed by atoms with Gasteiger partial charge in [-0.05, 0) is 74.3 Å². The second kappa shape index (κ2) is 9.02. The summed E-state index contributed by atoms with van der Waals surface area (Å²) in [5.41, 5.74) is 11.1. The number of carbonyl (C=O) groups excluding carboxylic acids is 1. The van der Waals surface area contributed by atoms with Crippen LogP contribution in [0.2, 0.25) is 0 Å². The van der Waals surface area contributed by atoms with Crippen molar-refractivity contribution in [1.82, 2.24) is 0 Å². The van der Waals surface area contributed by atoms with Crippen LogP contribution in [0.5, 0.6) is 5.75 Å². The molecule has 2 aliphatic carbocycles. The van der Waals surface area contributed by atoms with Crippen molar-refractivity contribution in [3.8, 4) is 5.75 Å². The lowest BCUT2D eigenvalue weighted by Crippen LogP contribution is -2.42. The Bertz CT molecular complexity index is 953. The summed E-state index contributed by atoms with van der Waals surface area (Å²) < 4.78 is 11.1. The molecule has 0 saturated heterocycles. The Labute approximate surface area is 190 Å². The zero-order chi connectivity index (χ0) is 22.1. The molecule has 2 fully saturated rings. The minimum Gasteiger partial charge on any atom is -0.494 e. The molecule has 1 heterocycles. The number of nitrogens with zero attached hydrogens (tertiary/aromatic N) is 1. The van der Waals surface area contributed by atoms with Gasteiger partial charge in [-0.3, -0.25) is 5.32 Å². The SMILES string of the molecule is CCOc1ccc2c(c1)N(C1CCC1)C(c1ccc(NC(=O)OCC3CCC3)cc1)C2N. The first-order chi connectivity index (χ1) is 15.6. The van der Waals surface area contributed by atoms with Crippen molar-refractivity contribution < 1.29 is 14.3 Å². The van der Waals surface area contributed by atoms with Gasteiger partial charge in [0.2, 0.25) is 0 Å². The molecule has 6 nitrogen and oxygen atoms in total. The van der Waals surface area contributed by atoms with E-state index in [4.69, 9.17) is 15.2 Å². The summed E-state index contributed by atoms with van der Waals surface area (Å²) in [4.78, 5) is 14.6. The molecule has 1 aliphatic heterocycles. The van der Waals surface area contributed by atoms with E-state index in [2.05, 4.69) is 34.5 Å². The zero-order valence-corrected chi connectivity index (χ0v) is 18.8. The molecule has 0 spiro atoms. The fourth-order valence-corrected chi connectivity index (χ4v) is 5.01. The molecule has 0 bridgehead atoms. The van der Waals surface area contributed by atoms with Gasteiger partial charge in [-0.25, -0.2) is 4.79 Å². The average molecular weight is 436 g/mol. The maximum atomic E-state index is 12.1. The molecular formula is C26H33N3O3. The first-order valence-electron chi connectivity index (χ1n) is 12.0. The fraction of sp³-hybridized carbons (Fsp3) is 0.500. The summed E-state index contributed by atoms with van der Waals surface area (Å²) in [5, 5.41) is 2.85. The number of rotatable bonds is 7. The molecule has 0 radical (unpaired) electrons. The summed E-state index contributed by atoms with van der Waals surface area (Å²) in [5.74, 6) is 1.43. The molecule has 3 N–H and O–H groups in total. The Morgan fingerprint density at radius 1 is 1.09 bits per heavy atom. The predicted octanol–water partition coefficient (Wildman–Crippen LogP) is 5.55. The molecule has 3 aliphatic rings. The largest absolute Gasteiger partial charge is 0.494 e. The van der Waals surface area contributed by atoms with Gasteiger partial charge in [-0.15, -0.1) is 0 Å². The van der Waals surface area contributed by atoms with Crippen molar-refractivity contribution in [3.63, 3.8) is 0 Å². The van der Waals surface area contributed by atoms with Crippen LogP contribution in [-0.4, -0.2) is 25.3 Å². The van der Waals surface area contributed by atoms with Gasteiger partial charge in [0.1, 0.15) is 5.75 Å². The Morgan fingerprint density at radius 2 is 1.84 bits per heavy atom. The van der Waals surface area contributed by atoms with Gasteiger partial charge in [0.05, 0.1) is 25.3 Å². The number of nitrogens with one attached hydrogen (secondary N) is 1. The van der Waals surface area contributed by atoms with Crippen LogP contribution in [0.4, 0.5) is 16.2 Å². The smallest absolute Gasteiger partial charge is 0.411 e. The van der Waals surface area contributed by atoms with Crippen LogP contribution in [-0.2, 0) is 4.74 Å². The maximum absolute atomic E-state index is 12.1. The molecule has 2 unspecified atom stereocenters. The van der Waals surface area contributed by atoms with Crippen LogP contribution in [0.1, 0.15) is 68.7 Å². The number of anilines is 2. The Kier molecular flexibility index (Phi) is 5.96. The van der Waals surface area contributed by atoms with E-state index in [1.54, 1.807) is 0 Å². The van der Waals surface area contributed by atoms with Crippen LogP contribution in [0.15, 0.2) is 42.5 Å². The normalized spacial score (nSPS) is 22.6. The lowest BCUT2D eigenvalue weighted by Gasteiger charge is -2.41. The van der Waals surface area contributed by atoms with Crippen LogP contribution in [0.25, 0.3) is 0 Å². The maximum Gasteiger partial charge on any atom is 0.411 e. The summed E-state index contributed by atoms with van der Waals surface area (Å²) >= 11 is 0. The van der Waals surface area contributed by atoms with Gasteiger partial charge in [0.25, 0.3) is 0 Å². The van der Waals surface area contributed by atoms with E-state index >= 15 is 0 Å². The quantitative estimate of drug-likeness (QED) is 0.596. The van der Waals surface area contributed by atoms with Gasteiger partial charge in [0, 0.05) is 23.5 Å². The van der Waals surface area contributed by atoms with Crippen molar-refractivity contribution >= 4 is 17.5 Å². The van der Waals surface area contributed by atoms with Gasteiger partial charge < -0.3 is 20.1 Å². The van der Waals surface area contributed by atoms with Crippen LogP contribution < -0.4 is 20.7 Å². The molecule has 170 valence electrons. The Balaban J connectivity index is 1.32. The Hall–Kier alpha value is -2.73. The Morgan fingerprint density at radius 3 is 2.47 bits per heavy atom. The minimum absolute atomic E-state index is 0.0757. The molecule has 5 rings (SSSR count). The minimum atomic E-state index is -0.380. The fourth-order valence-electron chi connectivity index (χ4n) is 5.01. The number of ether oxygens (including phenoxy) is 2. The monoisotopic (exact) mass is 435 g/mol. The predicted molar refractivity (Wildman–Crippen MR) is 126 cm³/mol. The number of carbonyl (C=O) groups is 1.